The van der Waals surface area contributed by atoms with Crippen molar-refractivity contribution in [2.75, 3.05) is 37.7 Å². The molecule has 1 aromatic carbocycles. The number of aromatic nitrogens is 2. The highest BCUT2D eigenvalue weighted by atomic mass is 32.1. The predicted molar refractivity (Wildman–Crippen MR) is 105 cm³/mol. The van der Waals surface area contributed by atoms with E-state index < -0.39 is 0 Å². The molecule has 1 fully saturated rings. The maximum absolute atomic E-state index is 5.51. The lowest BCUT2D eigenvalue weighted by molar-refractivity contribution is 0.122. The summed E-state index contributed by atoms with van der Waals surface area (Å²) in [6.45, 7) is 6.49. The third kappa shape index (κ3) is 2.98. The quantitative estimate of drug-likeness (QED) is 0.713. The molecule has 0 saturated carbocycles. The van der Waals surface area contributed by atoms with E-state index in [9.17, 15) is 0 Å². The molecule has 5 rings (SSSR count). The fourth-order valence-corrected chi connectivity index (χ4v) is 5.18. The van der Waals surface area contributed by atoms with Crippen LogP contribution < -0.4 is 4.90 Å². The molecule has 0 bridgehead atoms. The van der Waals surface area contributed by atoms with Crippen molar-refractivity contribution in [1.29, 1.82) is 0 Å². The molecule has 2 aliphatic heterocycles. The molecule has 0 spiro atoms. The zero-order valence-corrected chi connectivity index (χ0v) is 15.5. The van der Waals surface area contributed by atoms with Crippen LogP contribution >= 0.6 is 11.3 Å². The summed E-state index contributed by atoms with van der Waals surface area (Å²) in [5, 5.41) is 1.29. The van der Waals surface area contributed by atoms with Gasteiger partial charge in [-0.2, -0.15) is 0 Å². The van der Waals surface area contributed by atoms with Crippen molar-refractivity contribution in [3.05, 3.63) is 52.7 Å². The highest BCUT2D eigenvalue weighted by Crippen LogP contribution is 2.38. The van der Waals surface area contributed by atoms with Crippen molar-refractivity contribution in [2.45, 2.75) is 19.5 Å². The zero-order chi connectivity index (χ0) is 17.3. The molecule has 134 valence electrons. The number of fused-ring (bicyclic) bond motifs is 3. The Balaban J connectivity index is 1.45. The molecule has 6 heteroatoms. The molecule has 2 aliphatic rings. The van der Waals surface area contributed by atoms with Crippen molar-refractivity contribution in [2.24, 2.45) is 0 Å². The van der Waals surface area contributed by atoms with Gasteiger partial charge in [-0.25, -0.2) is 9.97 Å². The van der Waals surface area contributed by atoms with Gasteiger partial charge in [0.2, 0.25) is 0 Å². The molecule has 26 heavy (non-hydrogen) atoms. The van der Waals surface area contributed by atoms with Gasteiger partial charge in [-0.3, -0.25) is 4.90 Å². The number of hydrogen-bond donors (Lipinski definition) is 0. The van der Waals surface area contributed by atoms with Crippen LogP contribution in [0.15, 0.2) is 36.7 Å². The van der Waals surface area contributed by atoms with Crippen molar-refractivity contribution < 1.29 is 4.74 Å². The minimum atomic E-state index is 0.780. The van der Waals surface area contributed by atoms with Gasteiger partial charge in [-0.1, -0.05) is 30.3 Å². The number of hydrogen-bond acceptors (Lipinski definition) is 6. The summed E-state index contributed by atoms with van der Waals surface area (Å²) in [6, 6.07) is 10.7. The van der Waals surface area contributed by atoms with Gasteiger partial charge in [0.15, 0.2) is 0 Å². The second kappa shape index (κ2) is 6.95. The Morgan fingerprint density at radius 3 is 2.73 bits per heavy atom. The van der Waals surface area contributed by atoms with E-state index in [4.69, 9.17) is 4.74 Å². The Hall–Kier alpha value is -2.02. The van der Waals surface area contributed by atoms with E-state index in [1.165, 1.54) is 21.4 Å². The van der Waals surface area contributed by atoms with Crippen molar-refractivity contribution in [1.82, 2.24) is 14.9 Å². The zero-order valence-electron chi connectivity index (χ0n) is 14.7. The number of ether oxygens (including phenoxy) is 1. The first-order chi connectivity index (χ1) is 12.9. The maximum Gasteiger partial charge on any atom is 0.141 e. The lowest BCUT2D eigenvalue weighted by Gasteiger charge is -2.29. The molecule has 0 aliphatic carbocycles. The van der Waals surface area contributed by atoms with E-state index in [0.717, 1.165) is 63.0 Å². The number of anilines is 1. The Labute approximate surface area is 157 Å². The largest absolute Gasteiger partial charge is 0.378 e. The van der Waals surface area contributed by atoms with Crippen molar-refractivity contribution >= 4 is 27.4 Å². The minimum absolute atomic E-state index is 0.780. The van der Waals surface area contributed by atoms with Gasteiger partial charge in [-0.05, 0) is 17.5 Å². The second-order valence-corrected chi connectivity index (χ2v) is 8.01. The Morgan fingerprint density at radius 1 is 1.04 bits per heavy atom. The average Bonchev–Trinajstić information content (AvgIpc) is 3.07. The first-order valence-corrected chi connectivity index (χ1v) is 10.0. The molecule has 2 aromatic heterocycles. The van der Waals surface area contributed by atoms with Crippen molar-refractivity contribution in [3.63, 3.8) is 0 Å². The summed E-state index contributed by atoms with van der Waals surface area (Å²) in [4.78, 5) is 16.7. The van der Waals surface area contributed by atoms with Crippen LogP contribution in [0.2, 0.25) is 0 Å². The topological polar surface area (TPSA) is 41.5 Å². The Morgan fingerprint density at radius 2 is 1.88 bits per heavy atom. The van der Waals surface area contributed by atoms with Gasteiger partial charge in [-0.15, -0.1) is 11.3 Å². The first-order valence-electron chi connectivity index (χ1n) is 9.23. The number of benzene rings is 1. The van der Waals surface area contributed by atoms with Gasteiger partial charge < -0.3 is 9.64 Å². The molecular weight excluding hydrogens is 344 g/mol. The summed E-state index contributed by atoms with van der Waals surface area (Å²) < 4.78 is 5.51. The molecule has 0 radical (unpaired) electrons. The van der Waals surface area contributed by atoms with Gasteiger partial charge >= 0.3 is 0 Å². The standard InChI is InChI=1S/C20H22N4OS/c1-2-4-15(5-3-1)12-23-7-6-16-17(13-23)26-20-18(16)19(21-14-22-20)24-8-10-25-11-9-24/h1-5,14H,6-13H2. The molecular formula is C20H22N4OS. The molecule has 0 atom stereocenters. The number of morpholine rings is 1. The SMILES string of the molecule is c1ccc(CN2CCc3c(sc4ncnc(N5CCOCC5)c34)C2)cc1. The lowest BCUT2D eigenvalue weighted by Crippen LogP contribution is -2.37. The van der Waals surface area contributed by atoms with Crippen LogP contribution in [0, 0.1) is 0 Å². The van der Waals surface area contributed by atoms with E-state index in [2.05, 4.69) is 50.1 Å². The van der Waals surface area contributed by atoms with Crippen LogP contribution in [0.25, 0.3) is 10.2 Å². The highest BCUT2D eigenvalue weighted by molar-refractivity contribution is 7.19. The van der Waals surface area contributed by atoms with E-state index >= 15 is 0 Å². The second-order valence-electron chi connectivity index (χ2n) is 6.93. The summed E-state index contributed by atoms with van der Waals surface area (Å²) >= 11 is 1.84. The maximum atomic E-state index is 5.51. The molecule has 0 N–H and O–H groups in total. The molecule has 5 nitrogen and oxygen atoms in total. The van der Waals surface area contributed by atoms with Gasteiger partial charge in [0.25, 0.3) is 0 Å². The molecule has 0 unspecified atom stereocenters. The molecule has 4 heterocycles. The number of rotatable bonds is 3. The summed E-state index contributed by atoms with van der Waals surface area (Å²) in [7, 11) is 0. The number of thiophene rings is 1. The minimum Gasteiger partial charge on any atom is -0.378 e. The fourth-order valence-electron chi connectivity index (χ4n) is 3.96. The van der Waals surface area contributed by atoms with E-state index in [1.807, 2.05) is 11.3 Å². The van der Waals surface area contributed by atoms with E-state index in [-0.39, 0.29) is 0 Å². The fraction of sp³-hybridized carbons (Fsp3) is 0.400. The Kier molecular flexibility index (Phi) is 4.32. The van der Waals surface area contributed by atoms with E-state index in [0.29, 0.717) is 0 Å². The first kappa shape index (κ1) is 16.2. The molecule has 3 aromatic rings. The summed E-state index contributed by atoms with van der Waals surface area (Å²) in [5.41, 5.74) is 2.85. The van der Waals surface area contributed by atoms with Crippen LogP contribution in [-0.2, 0) is 24.2 Å². The van der Waals surface area contributed by atoms with Crippen molar-refractivity contribution in [3.8, 4) is 0 Å². The highest BCUT2D eigenvalue weighted by Gasteiger charge is 2.26. The summed E-state index contributed by atoms with van der Waals surface area (Å²) in [5.74, 6) is 1.10. The predicted octanol–water partition coefficient (Wildman–Crippen LogP) is 3.09. The Bertz CT molecular complexity index is 905. The van der Waals surface area contributed by atoms with Crippen LogP contribution in [0.5, 0.6) is 0 Å². The monoisotopic (exact) mass is 366 g/mol. The van der Waals surface area contributed by atoms with Gasteiger partial charge in [0.05, 0.1) is 18.6 Å². The van der Waals surface area contributed by atoms with Gasteiger partial charge in [0, 0.05) is 37.6 Å². The molecule has 0 amide bonds. The normalized spacial score (nSPS) is 18.2. The van der Waals surface area contributed by atoms with Crippen LogP contribution in [-0.4, -0.2) is 47.7 Å². The third-order valence-electron chi connectivity index (χ3n) is 5.26. The van der Waals surface area contributed by atoms with Crippen LogP contribution in [0.1, 0.15) is 16.0 Å². The third-order valence-corrected chi connectivity index (χ3v) is 6.38. The lowest BCUT2D eigenvalue weighted by atomic mass is 10.0. The van der Waals surface area contributed by atoms with Gasteiger partial charge in [0.1, 0.15) is 17.0 Å². The molecule has 1 saturated heterocycles. The van der Waals surface area contributed by atoms with Crippen LogP contribution in [0.3, 0.4) is 0 Å². The average molecular weight is 366 g/mol. The van der Waals surface area contributed by atoms with Crippen LogP contribution in [0.4, 0.5) is 5.82 Å². The number of nitrogens with zero attached hydrogens (tertiary/aromatic N) is 4. The smallest absolute Gasteiger partial charge is 0.141 e. The van der Waals surface area contributed by atoms with E-state index in [1.54, 1.807) is 6.33 Å². The summed E-state index contributed by atoms with van der Waals surface area (Å²) in [6.07, 6.45) is 2.80.